The second-order valence-corrected chi connectivity index (χ2v) is 4.94. The molecule has 0 atom stereocenters. The van der Waals surface area contributed by atoms with Gasteiger partial charge in [-0.15, -0.1) is 0 Å². The van der Waals surface area contributed by atoms with Crippen molar-refractivity contribution in [1.82, 2.24) is 5.32 Å². The van der Waals surface area contributed by atoms with Gasteiger partial charge in [0.05, 0.1) is 6.61 Å². The van der Waals surface area contributed by atoms with Gasteiger partial charge in [-0.2, -0.15) is 0 Å². The Morgan fingerprint density at radius 3 is 2.62 bits per heavy atom. The van der Waals surface area contributed by atoms with E-state index in [0.717, 1.165) is 45.1 Å². The van der Waals surface area contributed by atoms with Gasteiger partial charge in [0.1, 0.15) is 0 Å². The Kier molecular flexibility index (Phi) is 5.22. The number of aliphatic hydroxyl groups is 1. The molecular weight excluding hydrogens is 204 g/mol. The van der Waals surface area contributed by atoms with Gasteiger partial charge in [0.25, 0.3) is 0 Å². The van der Waals surface area contributed by atoms with Crippen molar-refractivity contribution in [1.29, 1.82) is 0 Å². The summed E-state index contributed by atoms with van der Waals surface area (Å²) in [6, 6.07) is 0. The SMILES string of the molecule is CCCCNC(=O)C1CCC(N)(CO)CC1. The van der Waals surface area contributed by atoms with E-state index < -0.39 is 5.54 Å². The predicted molar refractivity (Wildman–Crippen MR) is 63.9 cm³/mol. The van der Waals surface area contributed by atoms with Crippen LogP contribution in [0.25, 0.3) is 0 Å². The third-order valence-electron chi connectivity index (χ3n) is 3.50. The summed E-state index contributed by atoms with van der Waals surface area (Å²) >= 11 is 0. The smallest absolute Gasteiger partial charge is 0.223 e. The van der Waals surface area contributed by atoms with Crippen molar-refractivity contribution >= 4 is 5.91 Å². The van der Waals surface area contributed by atoms with Crippen LogP contribution in [0.1, 0.15) is 45.4 Å². The van der Waals surface area contributed by atoms with E-state index in [1.807, 2.05) is 0 Å². The van der Waals surface area contributed by atoms with Crippen molar-refractivity contribution in [2.45, 2.75) is 51.0 Å². The van der Waals surface area contributed by atoms with Crippen molar-refractivity contribution < 1.29 is 9.90 Å². The molecule has 0 aromatic heterocycles. The number of aliphatic hydroxyl groups excluding tert-OH is 1. The van der Waals surface area contributed by atoms with Crippen molar-refractivity contribution in [3.8, 4) is 0 Å². The Morgan fingerprint density at radius 1 is 1.50 bits per heavy atom. The average Bonchev–Trinajstić information content (AvgIpc) is 2.30. The van der Waals surface area contributed by atoms with E-state index in [0.29, 0.717) is 0 Å². The summed E-state index contributed by atoms with van der Waals surface area (Å²) < 4.78 is 0. The molecule has 1 rings (SSSR count). The van der Waals surface area contributed by atoms with Crippen LogP contribution >= 0.6 is 0 Å². The molecule has 0 aromatic rings. The first kappa shape index (κ1) is 13.5. The van der Waals surface area contributed by atoms with Crippen molar-refractivity contribution in [2.75, 3.05) is 13.2 Å². The lowest BCUT2D eigenvalue weighted by Crippen LogP contribution is -2.48. The molecule has 0 aliphatic heterocycles. The Hall–Kier alpha value is -0.610. The zero-order valence-electron chi connectivity index (χ0n) is 10.2. The molecule has 4 N–H and O–H groups in total. The molecule has 4 nitrogen and oxygen atoms in total. The number of rotatable bonds is 5. The van der Waals surface area contributed by atoms with Gasteiger partial charge in [0.15, 0.2) is 0 Å². The van der Waals surface area contributed by atoms with Crippen LogP contribution in [0.4, 0.5) is 0 Å². The van der Waals surface area contributed by atoms with E-state index in [1.165, 1.54) is 0 Å². The topological polar surface area (TPSA) is 75.4 Å². The third kappa shape index (κ3) is 3.76. The highest BCUT2D eigenvalue weighted by atomic mass is 16.3. The van der Waals surface area contributed by atoms with Crippen LogP contribution in [0, 0.1) is 5.92 Å². The van der Waals surface area contributed by atoms with E-state index in [4.69, 9.17) is 10.8 Å². The van der Waals surface area contributed by atoms with Gasteiger partial charge in [-0.05, 0) is 32.1 Å². The van der Waals surface area contributed by atoms with Crippen molar-refractivity contribution in [2.24, 2.45) is 11.7 Å². The van der Waals surface area contributed by atoms with Gasteiger partial charge in [0.2, 0.25) is 5.91 Å². The van der Waals surface area contributed by atoms with Crippen LogP contribution in [0.5, 0.6) is 0 Å². The molecule has 1 saturated carbocycles. The first-order valence-corrected chi connectivity index (χ1v) is 6.29. The van der Waals surface area contributed by atoms with Crippen molar-refractivity contribution in [3.63, 3.8) is 0 Å². The van der Waals surface area contributed by atoms with Crippen LogP contribution in [0.15, 0.2) is 0 Å². The second kappa shape index (κ2) is 6.21. The number of hydrogen-bond acceptors (Lipinski definition) is 3. The fourth-order valence-corrected chi connectivity index (χ4v) is 2.15. The van der Waals surface area contributed by atoms with Crippen LogP contribution < -0.4 is 11.1 Å². The largest absolute Gasteiger partial charge is 0.394 e. The zero-order chi connectivity index (χ0) is 12.0. The summed E-state index contributed by atoms with van der Waals surface area (Å²) in [5.74, 6) is 0.258. The normalized spacial score (nSPS) is 30.1. The Morgan fingerprint density at radius 2 is 2.12 bits per heavy atom. The van der Waals surface area contributed by atoms with Crippen LogP contribution in [0.2, 0.25) is 0 Å². The maximum absolute atomic E-state index is 11.8. The number of unbranched alkanes of at least 4 members (excludes halogenated alkanes) is 1. The number of hydrogen-bond donors (Lipinski definition) is 3. The summed E-state index contributed by atoms with van der Waals surface area (Å²) in [6.07, 6.45) is 5.23. The second-order valence-electron chi connectivity index (χ2n) is 4.94. The molecule has 0 aromatic carbocycles. The molecule has 1 aliphatic carbocycles. The maximum atomic E-state index is 11.8. The minimum atomic E-state index is -0.444. The van der Waals surface area contributed by atoms with Gasteiger partial charge in [0, 0.05) is 18.0 Å². The molecule has 0 spiro atoms. The van der Waals surface area contributed by atoms with Gasteiger partial charge >= 0.3 is 0 Å². The number of nitrogens with two attached hydrogens (primary N) is 1. The highest BCUT2D eigenvalue weighted by Crippen LogP contribution is 2.30. The molecule has 94 valence electrons. The quantitative estimate of drug-likeness (QED) is 0.609. The van der Waals surface area contributed by atoms with Crippen LogP contribution in [0.3, 0.4) is 0 Å². The summed E-state index contributed by atoms with van der Waals surface area (Å²) in [6.45, 7) is 2.91. The molecule has 16 heavy (non-hydrogen) atoms. The lowest BCUT2D eigenvalue weighted by Gasteiger charge is -2.35. The molecule has 4 heteroatoms. The van der Waals surface area contributed by atoms with E-state index in [2.05, 4.69) is 12.2 Å². The molecule has 1 fully saturated rings. The van der Waals surface area contributed by atoms with E-state index in [1.54, 1.807) is 0 Å². The monoisotopic (exact) mass is 228 g/mol. The average molecular weight is 228 g/mol. The van der Waals surface area contributed by atoms with E-state index in [-0.39, 0.29) is 18.4 Å². The summed E-state index contributed by atoms with van der Waals surface area (Å²) in [4.78, 5) is 11.8. The summed E-state index contributed by atoms with van der Waals surface area (Å²) in [5, 5.41) is 12.1. The minimum Gasteiger partial charge on any atom is -0.394 e. The molecule has 1 aliphatic rings. The number of carbonyl (C=O) groups is 1. The number of amides is 1. The molecule has 0 bridgehead atoms. The molecule has 0 heterocycles. The fraction of sp³-hybridized carbons (Fsp3) is 0.917. The molecular formula is C12H24N2O2. The predicted octanol–water partition coefficient (Wildman–Crippen LogP) is 0.783. The molecule has 0 saturated heterocycles. The number of nitrogens with one attached hydrogen (secondary N) is 1. The van der Waals surface area contributed by atoms with Crippen LogP contribution in [-0.4, -0.2) is 29.7 Å². The lowest BCUT2D eigenvalue weighted by molar-refractivity contribution is -0.126. The Labute approximate surface area is 97.6 Å². The number of carbonyl (C=O) groups excluding carboxylic acids is 1. The lowest BCUT2D eigenvalue weighted by atomic mass is 9.77. The zero-order valence-corrected chi connectivity index (χ0v) is 10.2. The van der Waals surface area contributed by atoms with Gasteiger partial charge < -0.3 is 16.2 Å². The van der Waals surface area contributed by atoms with Crippen LogP contribution in [-0.2, 0) is 4.79 Å². The first-order chi connectivity index (χ1) is 7.61. The first-order valence-electron chi connectivity index (χ1n) is 6.29. The Balaban J connectivity index is 2.27. The summed E-state index contributed by atoms with van der Waals surface area (Å²) in [5.41, 5.74) is 5.52. The fourth-order valence-electron chi connectivity index (χ4n) is 2.15. The summed E-state index contributed by atoms with van der Waals surface area (Å²) in [7, 11) is 0. The van der Waals surface area contributed by atoms with Crippen molar-refractivity contribution in [3.05, 3.63) is 0 Å². The van der Waals surface area contributed by atoms with Gasteiger partial charge in [-0.3, -0.25) is 4.79 Å². The Bertz CT molecular complexity index is 223. The molecule has 0 radical (unpaired) electrons. The highest BCUT2D eigenvalue weighted by Gasteiger charge is 2.33. The standard InChI is InChI=1S/C12H24N2O2/c1-2-3-8-14-11(16)10-4-6-12(13,9-15)7-5-10/h10,15H,2-9,13H2,1H3,(H,14,16). The van der Waals surface area contributed by atoms with Gasteiger partial charge in [-0.1, -0.05) is 13.3 Å². The minimum absolute atomic E-state index is 0.0250. The highest BCUT2D eigenvalue weighted by molar-refractivity contribution is 5.78. The third-order valence-corrected chi connectivity index (χ3v) is 3.50. The maximum Gasteiger partial charge on any atom is 0.223 e. The molecule has 1 amide bonds. The van der Waals surface area contributed by atoms with E-state index >= 15 is 0 Å². The van der Waals surface area contributed by atoms with E-state index in [9.17, 15) is 4.79 Å². The van der Waals surface area contributed by atoms with Gasteiger partial charge in [-0.25, -0.2) is 0 Å². The molecule has 0 unspecified atom stereocenters.